The molecule has 0 bridgehead atoms. The number of ether oxygens (including phenoxy) is 2. The summed E-state index contributed by atoms with van der Waals surface area (Å²) >= 11 is 0. The number of carbonyl (C=O) groups is 4. The number of aliphatic hydroxyl groups is 2. The highest BCUT2D eigenvalue weighted by Crippen LogP contribution is 2.47. The van der Waals surface area contributed by atoms with E-state index in [-0.39, 0.29) is 62.5 Å². The van der Waals surface area contributed by atoms with Crippen LogP contribution in [-0.4, -0.2) is 165 Å². The topological polar surface area (TPSA) is 311 Å². The van der Waals surface area contributed by atoms with Crippen LogP contribution < -0.4 is 9.79 Å². The number of esters is 2. The molecule has 4 N–H and O–H groups in total. The Morgan fingerprint density at radius 3 is 0.713 bits per heavy atom. The summed E-state index contributed by atoms with van der Waals surface area (Å²) in [6.07, 6.45) is 68.9. The van der Waals surface area contributed by atoms with Gasteiger partial charge in [-0.2, -0.15) is 0 Å². The molecule has 122 heavy (non-hydrogen) atoms. The van der Waals surface area contributed by atoms with Gasteiger partial charge in [0.15, 0.2) is 23.8 Å². The summed E-state index contributed by atoms with van der Waals surface area (Å²) in [7, 11) is -2.79. The minimum atomic E-state index is -4.84. The lowest BCUT2D eigenvalue weighted by molar-refractivity contribution is -0.872. The molecule has 8 atom stereocenters. The van der Waals surface area contributed by atoms with E-state index in [0.29, 0.717) is 34.6 Å². The van der Waals surface area contributed by atoms with E-state index in [1.165, 1.54) is 257 Å². The number of Topliss-reactive ketones (excluding diaryl/α,β-unsaturated/α-hetero) is 2. The zero-order chi connectivity index (χ0) is 91.7. The van der Waals surface area contributed by atoms with Crippen LogP contribution in [0.4, 0.5) is 0 Å². The van der Waals surface area contributed by atoms with Crippen LogP contribution in [0.5, 0.6) is 0 Å². The lowest BCUT2D eigenvalue weighted by atomic mass is 9.89. The summed E-state index contributed by atoms with van der Waals surface area (Å²) in [5.74, 6) is -1.64. The van der Waals surface area contributed by atoms with Crippen LogP contribution in [0.3, 0.4) is 0 Å². The summed E-state index contributed by atoms with van der Waals surface area (Å²) in [4.78, 5) is 94.3. The maximum Gasteiger partial charge on any atom is 0.473 e. The Balaban J connectivity index is -0.00000190. The minimum Gasteiger partial charge on any atom is -0.790 e. The number of hydrogen-bond acceptors (Lipinski definition) is 18. The van der Waals surface area contributed by atoms with E-state index in [9.17, 15) is 62.7 Å². The van der Waals surface area contributed by atoms with Gasteiger partial charge in [-0.25, -0.2) is 9.13 Å². The number of phosphoric acid groups is 3. The quantitative estimate of drug-likeness (QED) is 0.0190. The molecule has 0 fully saturated rings. The summed E-state index contributed by atoms with van der Waals surface area (Å²) < 4.78 is 73.6. The van der Waals surface area contributed by atoms with Gasteiger partial charge in [0.05, 0.1) is 69.4 Å². The molecule has 0 heterocycles. The normalized spacial score (nSPS) is 14.5. The van der Waals surface area contributed by atoms with E-state index in [1.807, 2.05) is 56.1 Å². The standard InChI is InChI=1S/2C41H82NO8P.C15H33O4P/c2*1-7-10-12-14-16-18-19-20-21-22-23-24-26-28-30-33-40(44)48-35-38(43)36-49-51(46,47)50-39(34-42(4,5)6)41(45)37(31-9-3)32-29-27-25-17-15-13-11-8-2;1-3-5-7-9-11-13-15(19-20(16,17)18)14-12-10-8-6-4-2/h2*37-39,43H,7-36H2,1-6H3;15H,3-14H2,1-2H3,(H2,16,17,18)/t2*37?,38-,39?;/m11./s1. The van der Waals surface area contributed by atoms with Gasteiger partial charge in [0, 0.05) is 24.7 Å². The molecule has 6 unspecified atom stereocenters. The Hall–Kier alpha value is -1.55. The fraction of sp³-hybridized carbons (Fsp3) is 0.959. The van der Waals surface area contributed by atoms with E-state index in [2.05, 4.69) is 41.5 Å². The van der Waals surface area contributed by atoms with E-state index in [4.69, 9.17) is 32.1 Å². The molecule has 0 aliphatic carbocycles. The van der Waals surface area contributed by atoms with E-state index in [0.717, 1.165) is 128 Å². The molecule has 0 rings (SSSR count). The van der Waals surface area contributed by atoms with Crippen molar-refractivity contribution in [1.29, 1.82) is 0 Å². The first kappa shape index (κ1) is 125. The number of unbranched alkanes of at least 4 members (excludes halogenated alkanes) is 50. The molecule has 0 amide bonds. The first-order valence-electron chi connectivity index (χ1n) is 50.6. The zero-order valence-corrected chi connectivity index (χ0v) is 84.2. The van der Waals surface area contributed by atoms with Crippen LogP contribution >= 0.6 is 23.5 Å². The second kappa shape index (κ2) is 85.0. The first-order valence-corrected chi connectivity index (χ1v) is 55.0. The lowest BCUT2D eigenvalue weighted by Crippen LogP contribution is -2.47. The number of phosphoric ester groups is 3. The van der Waals surface area contributed by atoms with Crippen molar-refractivity contribution in [3.8, 4) is 0 Å². The van der Waals surface area contributed by atoms with E-state index < -0.39 is 79.1 Å². The fourth-order valence-corrected chi connectivity index (χ4v) is 17.9. The van der Waals surface area contributed by atoms with Gasteiger partial charge in [0.25, 0.3) is 0 Å². The van der Waals surface area contributed by atoms with Gasteiger partial charge in [-0.1, -0.05) is 415 Å². The Labute approximate surface area is 750 Å². The second-order valence-corrected chi connectivity index (χ2v) is 41.5. The average Bonchev–Trinajstić information content (AvgIpc) is 0.846. The van der Waals surface area contributed by atoms with Crippen LogP contribution in [0.2, 0.25) is 0 Å². The number of carbonyl (C=O) groups excluding carboxylic acids is 4. The van der Waals surface area contributed by atoms with Crippen molar-refractivity contribution in [3.63, 3.8) is 0 Å². The molecule has 0 aliphatic rings. The third kappa shape index (κ3) is 89.1. The zero-order valence-electron chi connectivity index (χ0n) is 81.5. The fourth-order valence-electron chi connectivity index (χ4n) is 15.5. The number of ketones is 2. The molecule has 0 spiro atoms. The molecule has 730 valence electrons. The van der Waals surface area contributed by atoms with Gasteiger partial charge in [0.2, 0.25) is 0 Å². The predicted molar refractivity (Wildman–Crippen MR) is 501 cm³/mol. The highest BCUT2D eigenvalue weighted by molar-refractivity contribution is 7.47. The van der Waals surface area contributed by atoms with Gasteiger partial charge in [-0.15, -0.1) is 0 Å². The van der Waals surface area contributed by atoms with Crippen LogP contribution in [0.1, 0.15) is 479 Å². The van der Waals surface area contributed by atoms with Crippen molar-refractivity contribution >= 4 is 47.0 Å². The third-order valence-electron chi connectivity index (χ3n) is 22.7. The number of quaternary nitrogens is 2. The number of hydrogen-bond donors (Lipinski definition) is 4. The highest BCUT2D eigenvalue weighted by Gasteiger charge is 2.40. The van der Waals surface area contributed by atoms with Crippen LogP contribution in [0.15, 0.2) is 0 Å². The first-order chi connectivity index (χ1) is 58.2. The van der Waals surface area contributed by atoms with Gasteiger partial charge in [0.1, 0.15) is 38.5 Å². The van der Waals surface area contributed by atoms with Crippen molar-refractivity contribution in [2.24, 2.45) is 11.8 Å². The SMILES string of the molecule is CCCCCCCC(CCCCCCC)OP(=O)([O-])[O-].CCCCCCCCCCCCCCCCCC(=O)OC[C@@H](O)COP(=O)(O)OC(C[N+](C)(C)C)C(=O)C(CCC)CCCCCCCCCC.CCCCCCCCCCCCCCCCCC(=O)OC[C@@H](O)COP(=O)(O)OC(C[N+](C)(C)C)C(=O)C(CCC)CCCCCCCCCC. The summed E-state index contributed by atoms with van der Waals surface area (Å²) in [5, 5.41) is 20.6. The smallest absolute Gasteiger partial charge is 0.473 e. The van der Waals surface area contributed by atoms with Gasteiger partial charge in [-0.3, -0.25) is 37.3 Å². The Morgan fingerprint density at radius 1 is 0.287 bits per heavy atom. The lowest BCUT2D eigenvalue weighted by Gasteiger charge is -2.33. The molecule has 0 aromatic carbocycles. The van der Waals surface area contributed by atoms with Crippen LogP contribution in [-0.2, 0) is 65.0 Å². The van der Waals surface area contributed by atoms with Crippen LogP contribution in [0.25, 0.3) is 0 Å². The van der Waals surface area contributed by atoms with Gasteiger partial charge in [-0.05, 0) is 51.4 Å². The molecular formula is C97H197N2O20P3. The molecule has 0 radical (unpaired) electrons. The summed E-state index contributed by atoms with van der Waals surface area (Å²) in [6, 6.07) is 0. The summed E-state index contributed by atoms with van der Waals surface area (Å²) in [5.41, 5.74) is 0. The summed E-state index contributed by atoms with van der Waals surface area (Å²) in [6.45, 7) is 16.0. The van der Waals surface area contributed by atoms with Crippen LogP contribution in [0, 0.1) is 11.8 Å². The highest BCUT2D eigenvalue weighted by atomic mass is 31.2. The minimum absolute atomic E-state index is 0.168. The van der Waals surface area contributed by atoms with Crippen molar-refractivity contribution in [2.45, 2.75) is 510 Å². The van der Waals surface area contributed by atoms with Gasteiger partial charge < -0.3 is 57.3 Å². The van der Waals surface area contributed by atoms with Crippen molar-refractivity contribution < 1.29 is 104 Å². The second-order valence-electron chi connectivity index (χ2n) is 37.6. The number of aliphatic hydroxyl groups excluding tert-OH is 2. The van der Waals surface area contributed by atoms with Crippen molar-refractivity contribution in [1.82, 2.24) is 0 Å². The number of nitrogens with zero attached hydrogens (tertiary/aromatic N) is 2. The molecule has 0 saturated heterocycles. The van der Waals surface area contributed by atoms with Gasteiger partial charge >= 0.3 is 27.6 Å². The predicted octanol–water partition coefficient (Wildman–Crippen LogP) is 25.7. The Bertz CT molecular complexity index is 2350. The largest absolute Gasteiger partial charge is 0.790 e. The van der Waals surface area contributed by atoms with Crippen molar-refractivity contribution in [3.05, 3.63) is 0 Å². The maximum absolute atomic E-state index is 13.7. The van der Waals surface area contributed by atoms with E-state index >= 15 is 0 Å². The average molecular weight is 1800 g/mol. The maximum atomic E-state index is 13.7. The molecule has 0 aliphatic heterocycles. The monoisotopic (exact) mass is 1800 g/mol. The Kier molecular flexibility index (Phi) is 86.8. The molecule has 22 nitrogen and oxygen atoms in total. The molecule has 0 aromatic heterocycles. The molecule has 0 aromatic rings. The number of likely N-dealkylation sites (N-methyl/N-ethyl adjacent to an activating group) is 2. The Morgan fingerprint density at radius 2 is 0.500 bits per heavy atom. The molecule has 25 heteroatoms. The molecule has 0 saturated carbocycles. The third-order valence-corrected chi connectivity index (χ3v) is 25.3. The molecular weight excluding hydrogens is 1610 g/mol. The number of rotatable bonds is 90. The van der Waals surface area contributed by atoms with Crippen molar-refractivity contribution in [2.75, 3.05) is 81.8 Å². The van der Waals surface area contributed by atoms with E-state index in [1.54, 1.807) is 0 Å².